The molecular weight excluding hydrogens is 388 g/mol. The second-order valence-electron chi connectivity index (χ2n) is 9.12. The van der Waals surface area contributed by atoms with Crippen LogP contribution in [0.5, 0.6) is 11.5 Å². The van der Waals surface area contributed by atoms with Crippen molar-refractivity contribution in [1.82, 2.24) is 10.2 Å². The van der Waals surface area contributed by atoms with Crippen molar-refractivity contribution in [3.05, 3.63) is 23.8 Å². The third-order valence-corrected chi connectivity index (χ3v) is 6.19. The van der Waals surface area contributed by atoms with Gasteiger partial charge in [0.25, 0.3) is 0 Å². The minimum atomic E-state index is -1.55. The number of fused-ring (bicyclic) bond motifs is 1. The molecule has 4 atom stereocenters. The molecule has 0 aliphatic carbocycles. The van der Waals surface area contributed by atoms with Crippen LogP contribution >= 0.6 is 0 Å². The van der Waals surface area contributed by atoms with Gasteiger partial charge in [-0.15, -0.1) is 0 Å². The highest BCUT2D eigenvalue weighted by molar-refractivity contribution is 6.10. The van der Waals surface area contributed by atoms with Crippen molar-refractivity contribution >= 4 is 17.8 Å². The number of hydrogen-bond donors (Lipinski definition) is 3. The fourth-order valence-corrected chi connectivity index (χ4v) is 4.84. The number of carboxylic acid groups (broad SMARTS) is 1. The monoisotopic (exact) mass is 418 g/mol. The van der Waals surface area contributed by atoms with E-state index < -0.39 is 40.8 Å². The molecule has 2 fully saturated rings. The number of amides is 2. The summed E-state index contributed by atoms with van der Waals surface area (Å²) in [7, 11) is 1.43. The van der Waals surface area contributed by atoms with Gasteiger partial charge < -0.3 is 14.9 Å². The second-order valence-corrected chi connectivity index (χ2v) is 9.12. The zero-order valence-corrected chi connectivity index (χ0v) is 18.1. The summed E-state index contributed by atoms with van der Waals surface area (Å²) in [6, 6.07) is 3.99. The number of carbonyl (C=O) groups excluding carboxylic acids is 2. The number of nitrogens with zero attached hydrogens (tertiary/aromatic N) is 1. The molecule has 164 valence electrons. The predicted molar refractivity (Wildman–Crippen MR) is 109 cm³/mol. The Hall–Kier alpha value is -2.61. The van der Waals surface area contributed by atoms with Gasteiger partial charge in [0, 0.05) is 11.6 Å². The number of rotatable bonds is 6. The Morgan fingerprint density at radius 3 is 2.43 bits per heavy atom. The van der Waals surface area contributed by atoms with Crippen LogP contribution in [0.3, 0.4) is 0 Å². The minimum absolute atomic E-state index is 0.112. The number of ether oxygens (including phenoxy) is 1. The second kappa shape index (κ2) is 7.58. The van der Waals surface area contributed by atoms with E-state index in [1.807, 2.05) is 6.92 Å². The van der Waals surface area contributed by atoms with Crippen LogP contribution in [0, 0.1) is 11.8 Å². The number of phenolic OH excluding ortho intramolecular Hbond substituents is 1. The topological polar surface area (TPSA) is 116 Å². The Labute approximate surface area is 176 Å². The molecule has 3 N–H and O–H groups in total. The lowest BCUT2D eigenvalue weighted by molar-refractivity contribution is -0.154. The zero-order valence-electron chi connectivity index (χ0n) is 18.1. The van der Waals surface area contributed by atoms with Crippen LogP contribution in [0.15, 0.2) is 18.2 Å². The van der Waals surface area contributed by atoms with Crippen molar-refractivity contribution in [2.45, 2.75) is 64.1 Å². The molecule has 2 amide bonds. The number of unbranched alkanes of at least 4 members (excludes halogenated alkanes) is 1. The van der Waals surface area contributed by atoms with Crippen LogP contribution in [0.1, 0.15) is 58.6 Å². The summed E-state index contributed by atoms with van der Waals surface area (Å²) in [6.45, 7) is 7.24. The third kappa shape index (κ3) is 3.23. The summed E-state index contributed by atoms with van der Waals surface area (Å²) in [6.07, 6.45) is 1.59. The van der Waals surface area contributed by atoms with E-state index in [2.05, 4.69) is 5.32 Å². The molecule has 8 nitrogen and oxygen atoms in total. The van der Waals surface area contributed by atoms with Gasteiger partial charge in [0.15, 0.2) is 11.5 Å². The standard InChI is InChI=1S/C22H30N2O6/c1-6-7-10-22(20(28)29)16-15(18(26)24(19(16)27)21(2,3)4)17(23-22)12-8-9-14(30-5)13(25)11-12/h8-9,11,15-17,23,25H,6-7,10H2,1-5H3,(H,28,29). The largest absolute Gasteiger partial charge is 0.504 e. The molecule has 0 bridgehead atoms. The van der Waals surface area contributed by atoms with Crippen LogP contribution in [-0.2, 0) is 14.4 Å². The quantitative estimate of drug-likeness (QED) is 0.608. The van der Waals surface area contributed by atoms with Gasteiger partial charge in [-0.05, 0) is 44.9 Å². The maximum absolute atomic E-state index is 13.4. The summed E-state index contributed by atoms with van der Waals surface area (Å²) < 4.78 is 5.09. The Bertz CT molecular complexity index is 877. The lowest BCUT2D eigenvalue weighted by atomic mass is 9.76. The molecule has 0 aromatic heterocycles. The smallest absolute Gasteiger partial charge is 0.324 e. The summed E-state index contributed by atoms with van der Waals surface area (Å²) in [4.78, 5) is 40.5. The normalized spacial score (nSPS) is 28.7. The van der Waals surface area contributed by atoms with Crippen molar-refractivity contribution in [3.8, 4) is 11.5 Å². The van der Waals surface area contributed by atoms with E-state index in [0.717, 1.165) is 6.42 Å². The van der Waals surface area contributed by atoms with Gasteiger partial charge in [-0.25, -0.2) is 0 Å². The van der Waals surface area contributed by atoms with Crippen molar-refractivity contribution in [2.24, 2.45) is 11.8 Å². The number of methoxy groups -OCH3 is 1. The highest BCUT2D eigenvalue weighted by Gasteiger charge is 2.69. The van der Waals surface area contributed by atoms with E-state index >= 15 is 0 Å². The van der Waals surface area contributed by atoms with E-state index in [0.29, 0.717) is 12.0 Å². The molecule has 2 aliphatic heterocycles. The van der Waals surface area contributed by atoms with Crippen molar-refractivity contribution < 1.29 is 29.3 Å². The predicted octanol–water partition coefficient (Wildman–Crippen LogP) is 2.46. The maximum Gasteiger partial charge on any atom is 0.324 e. The third-order valence-electron chi connectivity index (χ3n) is 6.19. The van der Waals surface area contributed by atoms with E-state index in [1.54, 1.807) is 32.9 Å². The summed E-state index contributed by atoms with van der Waals surface area (Å²) >= 11 is 0. The Balaban J connectivity index is 2.16. The molecule has 0 radical (unpaired) electrons. The first-order valence-corrected chi connectivity index (χ1v) is 10.3. The molecule has 2 saturated heterocycles. The number of aromatic hydroxyl groups is 1. The van der Waals surface area contributed by atoms with Gasteiger partial charge >= 0.3 is 5.97 Å². The van der Waals surface area contributed by atoms with Gasteiger partial charge in [-0.2, -0.15) is 0 Å². The molecule has 0 saturated carbocycles. The molecule has 4 unspecified atom stereocenters. The highest BCUT2D eigenvalue weighted by atomic mass is 16.5. The maximum atomic E-state index is 13.4. The fourth-order valence-electron chi connectivity index (χ4n) is 4.84. The molecule has 30 heavy (non-hydrogen) atoms. The Kier molecular flexibility index (Phi) is 5.58. The molecular formula is C22H30N2O6. The molecule has 2 aliphatic rings. The van der Waals surface area contributed by atoms with E-state index in [-0.39, 0.29) is 23.8 Å². The van der Waals surface area contributed by atoms with E-state index in [9.17, 15) is 24.6 Å². The first-order chi connectivity index (χ1) is 14.0. The molecule has 8 heteroatoms. The SMILES string of the molecule is CCCCC1(C(=O)O)NC(c2ccc(OC)c(O)c2)C2C(=O)N(C(C)(C)C)C(=O)C21. The zero-order chi connectivity index (χ0) is 22.4. The van der Waals surface area contributed by atoms with Crippen molar-refractivity contribution in [3.63, 3.8) is 0 Å². The lowest BCUT2D eigenvalue weighted by Crippen LogP contribution is -2.57. The van der Waals surface area contributed by atoms with Crippen molar-refractivity contribution in [1.29, 1.82) is 0 Å². The number of aliphatic carboxylic acids is 1. The van der Waals surface area contributed by atoms with Gasteiger partial charge in [0.2, 0.25) is 11.8 Å². The van der Waals surface area contributed by atoms with Gasteiger partial charge in [0.1, 0.15) is 5.54 Å². The van der Waals surface area contributed by atoms with Crippen LogP contribution < -0.4 is 10.1 Å². The average Bonchev–Trinajstić information content (AvgIpc) is 3.14. The van der Waals surface area contributed by atoms with E-state index in [4.69, 9.17) is 4.74 Å². The Morgan fingerprint density at radius 2 is 1.93 bits per heavy atom. The lowest BCUT2D eigenvalue weighted by Gasteiger charge is -2.35. The van der Waals surface area contributed by atoms with Gasteiger partial charge in [-0.3, -0.25) is 24.6 Å². The summed E-state index contributed by atoms with van der Waals surface area (Å²) in [5.74, 6) is -3.69. The molecule has 1 aromatic rings. The summed E-state index contributed by atoms with van der Waals surface area (Å²) in [5.41, 5.74) is -1.77. The number of carboxylic acids is 1. The van der Waals surface area contributed by atoms with Crippen LogP contribution in [-0.4, -0.2) is 51.1 Å². The van der Waals surface area contributed by atoms with Gasteiger partial charge in [0.05, 0.1) is 18.9 Å². The van der Waals surface area contributed by atoms with E-state index in [1.165, 1.54) is 18.1 Å². The average molecular weight is 418 g/mol. The first kappa shape index (κ1) is 22.1. The molecule has 0 spiro atoms. The molecule has 2 heterocycles. The number of imide groups is 1. The number of likely N-dealkylation sites (tertiary alicyclic amines) is 1. The number of carbonyl (C=O) groups is 3. The number of nitrogens with one attached hydrogen (secondary N) is 1. The van der Waals surface area contributed by atoms with Gasteiger partial charge in [-0.1, -0.05) is 25.8 Å². The Morgan fingerprint density at radius 1 is 1.27 bits per heavy atom. The molecule has 1 aromatic carbocycles. The first-order valence-electron chi connectivity index (χ1n) is 10.3. The van der Waals surface area contributed by atoms with Crippen LogP contribution in [0.25, 0.3) is 0 Å². The van der Waals surface area contributed by atoms with Crippen molar-refractivity contribution in [2.75, 3.05) is 7.11 Å². The number of hydrogen-bond acceptors (Lipinski definition) is 6. The minimum Gasteiger partial charge on any atom is -0.504 e. The molecule has 3 rings (SSSR count). The van der Waals surface area contributed by atoms with Crippen LogP contribution in [0.2, 0.25) is 0 Å². The highest BCUT2D eigenvalue weighted by Crippen LogP contribution is 2.52. The summed E-state index contributed by atoms with van der Waals surface area (Å²) in [5, 5.41) is 23.6. The fraction of sp³-hybridized carbons (Fsp3) is 0.591. The number of benzene rings is 1. The van der Waals surface area contributed by atoms with Crippen LogP contribution in [0.4, 0.5) is 0 Å². The number of phenols is 1.